The fraction of sp³-hybridized carbons (Fsp3) is 0.241. The van der Waals surface area contributed by atoms with Crippen LogP contribution in [0.3, 0.4) is 0 Å². The van der Waals surface area contributed by atoms with Crippen LogP contribution < -0.4 is 10.6 Å². The second kappa shape index (κ2) is 12.8. The third-order valence-corrected chi connectivity index (χ3v) is 7.77. The fourth-order valence-corrected chi connectivity index (χ4v) is 5.71. The van der Waals surface area contributed by atoms with E-state index in [0.717, 1.165) is 30.0 Å². The average Bonchev–Trinajstić information content (AvgIpc) is 3.38. The molecule has 4 aromatic rings. The molecule has 1 aliphatic heterocycles. The molecule has 39 heavy (non-hydrogen) atoms. The summed E-state index contributed by atoms with van der Waals surface area (Å²) in [5, 5.41) is 12.5. The van der Waals surface area contributed by atoms with Crippen LogP contribution in [0.1, 0.15) is 22.7 Å². The number of nitrogens with one attached hydrogen (secondary N) is 3. The van der Waals surface area contributed by atoms with E-state index in [1.165, 1.54) is 11.1 Å². The molecule has 1 aliphatic rings. The van der Waals surface area contributed by atoms with Crippen molar-refractivity contribution >= 4 is 40.6 Å². The molecule has 1 fully saturated rings. The molecule has 0 unspecified atom stereocenters. The van der Waals surface area contributed by atoms with Gasteiger partial charge in [-0.1, -0.05) is 102 Å². The van der Waals surface area contributed by atoms with Crippen LogP contribution in [0.15, 0.2) is 91.0 Å². The van der Waals surface area contributed by atoms with Crippen LogP contribution >= 0.6 is 23.6 Å². The Labute approximate surface area is 236 Å². The first-order valence-corrected chi connectivity index (χ1v) is 14.1. The summed E-state index contributed by atoms with van der Waals surface area (Å²) in [6.07, 6.45) is 0.389. The number of anilines is 1. The zero-order chi connectivity index (χ0) is 27.0. The summed E-state index contributed by atoms with van der Waals surface area (Å²) in [6, 6.07) is 29.5. The van der Waals surface area contributed by atoms with Crippen molar-refractivity contribution in [2.75, 3.05) is 31.5 Å². The molecule has 10 heteroatoms. The van der Waals surface area contributed by atoms with E-state index < -0.39 is 12.1 Å². The zero-order valence-corrected chi connectivity index (χ0v) is 23.0. The van der Waals surface area contributed by atoms with Crippen molar-refractivity contribution in [3.8, 4) is 0 Å². The number of carbonyl (C=O) groups is 2. The summed E-state index contributed by atoms with van der Waals surface area (Å²) in [5.74, 6) is -0.0979. The van der Waals surface area contributed by atoms with E-state index in [4.69, 9.17) is 12.2 Å². The highest BCUT2D eigenvalue weighted by atomic mass is 32.1. The Hall–Kier alpha value is -3.86. The van der Waals surface area contributed by atoms with Gasteiger partial charge < -0.3 is 10.2 Å². The molecule has 2 heterocycles. The van der Waals surface area contributed by atoms with E-state index in [1.807, 2.05) is 47.4 Å². The Morgan fingerprint density at radius 3 is 1.97 bits per heavy atom. The van der Waals surface area contributed by atoms with Gasteiger partial charge in [-0.05, 0) is 28.9 Å². The van der Waals surface area contributed by atoms with Crippen molar-refractivity contribution in [1.82, 2.24) is 25.3 Å². The van der Waals surface area contributed by atoms with Crippen LogP contribution in [0.5, 0.6) is 0 Å². The maximum absolute atomic E-state index is 13.7. The third kappa shape index (κ3) is 6.97. The lowest BCUT2D eigenvalue weighted by molar-refractivity contribution is -0.135. The summed E-state index contributed by atoms with van der Waals surface area (Å²) in [7, 11) is 0. The minimum Gasteiger partial charge on any atom is -0.338 e. The van der Waals surface area contributed by atoms with Gasteiger partial charge in [-0.2, -0.15) is 0 Å². The normalized spacial score (nSPS) is 14.6. The predicted molar refractivity (Wildman–Crippen MR) is 156 cm³/mol. The number of aromatic amines is 1. The molecule has 8 nitrogen and oxygen atoms in total. The molecule has 5 rings (SSSR count). The number of carbonyl (C=O) groups excluding carboxylic acids is 2. The second-order valence-corrected chi connectivity index (χ2v) is 11.0. The maximum Gasteiger partial charge on any atom is 0.321 e. The molecule has 0 radical (unpaired) electrons. The first kappa shape index (κ1) is 26.7. The van der Waals surface area contributed by atoms with Crippen molar-refractivity contribution < 1.29 is 9.59 Å². The fourth-order valence-electron chi connectivity index (χ4n) is 4.93. The van der Waals surface area contributed by atoms with Gasteiger partial charge in [-0.15, -0.1) is 5.10 Å². The highest BCUT2D eigenvalue weighted by Gasteiger charge is 2.32. The molecular weight excluding hydrogens is 528 g/mol. The number of nitrogens with zero attached hydrogens (tertiary/aromatic N) is 3. The van der Waals surface area contributed by atoms with Crippen molar-refractivity contribution in [3.05, 3.63) is 112 Å². The van der Waals surface area contributed by atoms with E-state index >= 15 is 0 Å². The molecule has 1 aromatic heterocycles. The minimum absolute atomic E-state index is 0.0979. The summed E-state index contributed by atoms with van der Waals surface area (Å²) >= 11 is 6.20. The van der Waals surface area contributed by atoms with Crippen molar-refractivity contribution in [2.24, 2.45) is 0 Å². The summed E-state index contributed by atoms with van der Waals surface area (Å²) in [4.78, 5) is 30.8. The number of piperazine rings is 1. The van der Waals surface area contributed by atoms with Gasteiger partial charge in [0.1, 0.15) is 6.04 Å². The number of rotatable bonds is 8. The number of benzene rings is 3. The number of H-pyrrole nitrogens is 1. The molecule has 3 aromatic carbocycles. The van der Waals surface area contributed by atoms with Crippen LogP contribution in [-0.2, 0) is 11.2 Å². The molecule has 200 valence electrons. The van der Waals surface area contributed by atoms with Crippen molar-refractivity contribution in [1.29, 1.82) is 0 Å². The summed E-state index contributed by atoms with van der Waals surface area (Å²) in [6.45, 7) is 2.59. The van der Waals surface area contributed by atoms with Crippen molar-refractivity contribution in [2.45, 2.75) is 18.5 Å². The second-order valence-electron chi connectivity index (χ2n) is 9.34. The Morgan fingerprint density at radius 2 is 1.44 bits per heavy atom. The quantitative estimate of drug-likeness (QED) is 0.269. The third-order valence-electron chi connectivity index (χ3n) is 6.77. The SMILES string of the molecule is O=C(Nc1n[nH]c(=S)s1)N[C@@H](Cc1ccccc1)C(=O)N1CCN(C(c2ccccc2)c2ccccc2)CC1. The molecule has 1 saturated heterocycles. The van der Waals surface area contributed by atoms with E-state index in [0.29, 0.717) is 28.6 Å². The smallest absolute Gasteiger partial charge is 0.321 e. The predicted octanol–water partition coefficient (Wildman–Crippen LogP) is 4.87. The molecule has 0 spiro atoms. The Bertz CT molecular complexity index is 1380. The van der Waals surface area contributed by atoms with Gasteiger partial charge in [-0.3, -0.25) is 20.1 Å². The minimum atomic E-state index is -0.718. The molecule has 3 amide bonds. The van der Waals surface area contributed by atoms with Crippen LogP contribution in [0.4, 0.5) is 9.93 Å². The van der Waals surface area contributed by atoms with Gasteiger partial charge in [0.15, 0.2) is 3.95 Å². The summed E-state index contributed by atoms with van der Waals surface area (Å²) < 4.78 is 0.462. The van der Waals surface area contributed by atoms with Gasteiger partial charge >= 0.3 is 6.03 Å². The Morgan fingerprint density at radius 1 is 0.872 bits per heavy atom. The summed E-state index contributed by atoms with van der Waals surface area (Å²) in [5.41, 5.74) is 3.43. The Balaban J connectivity index is 1.29. The first-order valence-electron chi connectivity index (χ1n) is 12.9. The molecule has 0 saturated carbocycles. The number of amides is 3. The monoisotopic (exact) mass is 558 g/mol. The standard InChI is InChI=1S/C29H30N6O2S2/c36-26(24(20-21-10-4-1-5-11-21)30-27(37)31-28-32-33-29(38)39-28)35-18-16-34(17-19-35)25(22-12-6-2-7-13-22)23-14-8-3-9-15-23/h1-15,24-25H,16-20H2,(H,33,38)(H2,30,31,32,37)/t24-/m0/s1. The zero-order valence-electron chi connectivity index (χ0n) is 21.3. The van der Waals surface area contributed by atoms with E-state index in [-0.39, 0.29) is 11.9 Å². The van der Waals surface area contributed by atoms with Crippen LogP contribution in [-0.4, -0.2) is 64.2 Å². The van der Waals surface area contributed by atoms with Crippen LogP contribution in [0.25, 0.3) is 0 Å². The van der Waals surface area contributed by atoms with Crippen LogP contribution in [0, 0.1) is 3.95 Å². The van der Waals surface area contributed by atoms with Gasteiger partial charge in [0.2, 0.25) is 11.0 Å². The highest BCUT2D eigenvalue weighted by Crippen LogP contribution is 2.29. The number of urea groups is 1. The van der Waals surface area contributed by atoms with Gasteiger partial charge in [-0.25, -0.2) is 4.79 Å². The van der Waals surface area contributed by atoms with Gasteiger partial charge in [0, 0.05) is 32.6 Å². The largest absolute Gasteiger partial charge is 0.338 e. The lowest BCUT2D eigenvalue weighted by atomic mass is 9.96. The highest BCUT2D eigenvalue weighted by molar-refractivity contribution is 7.73. The number of hydrogen-bond acceptors (Lipinski definition) is 6. The van der Waals surface area contributed by atoms with Gasteiger partial charge in [0.05, 0.1) is 6.04 Å². The van der Waals surface area contributed by atoms with Crippen LogP contribution in [0.2, 0.25) is 0 Å². The first-order chi connectivity index (χ1) is 19.1. The number of aromatic nitrogens is 2. The van der Waals surface area contributed by atoms with Crippen molar-refractivity contribution in [3.63, 3.8) is 0 Å². The molecule has 1 atom stereocenters. The van der Waals surface area contributed by atoms with E-state index in [1.54, 1.807) is 0 Å². The van der Waals surface area contributed by atoms with E-state index in [2.05, 4.69) is 74.3 Å². The topological polar surface area (TPSA) is 93.4 Å². The maximum atomic E-state index is 13.7. The van der Waals surface area contributed by atoms with Gasteiger partial charge in [0.25, 0.3) is 0 Å². The lowest BCUT2D eigenvalue weighted by Gasteiger charge is -2.40. The molecule has 0 bridgehead atoms. The Kier molecular flexibility index (Phi) is 8.77. The molecule has 0 aliphatic carbocycles. The van der Waals surface area contributed by atoms with E-state index in [9.17, 15) is 9.59 Å². The average molecular weight is 559 g/mol. The number of hydrogen-bond donors (Lipinski definition) is 3. The molecule has 3 N–H and O–H groups in total. The molecular formula is C29H30N6O2S2. The lowest BCUT2D eigenvalue weighted by Crippen LogP contribution is -2.56.